The molecular weight excluding hydrogens is 176 g/mol. The van der Waals surface area contributed by atoms with E-state index in [0.717, 1.165) is 0 Å². The molecule has 0 rings (SSSR count). The minimum atomic E-state index is -1.11. The molecule has 0 bridgehead atoms. The van der Waals surface area contributed by atoms with Gasteiger partial charge in [-0.3, -0.25) is 0 Å². The van der Waals surface area contributed by atoms with Gasteiger partial charge < -0.3 is 26.4 Å². The summed E-state index contributed by atoms with van der Waals surface area (Å²) in [5.74, 6) is 0. The second-order valence-electron chi connectivity index (χ2n) is 2.62. The number of hydrogen-bond donors (Lipinski definition) is 5. The fraction of sp³-hybridized carbons (Fsp3) is 0.857. The van der Waals surface area contributed by atoms with Crippen LogP contribution in [0.15, 0.2) is 0 Å². The van der Waals surface area contributed by atoms with Gasteiger partial charge in [-0.2, -0.15) is 0 Å². The molecule has 6 nitrogen and oxygen atoms in total. The molecule has 0 aromatic heterocycles. The van der Waals surface area contributed by atoms with Crippen molar-refractivity contribution >= 4 is 6.09 Å². The molecule has 0 aromatic rings. The van der Waals surface area contributed by atoms with Crippen LogP contribution in [0.2, 0.25) is 0 Å². The minimum Gasteiger partial charge on any atom is -0.465 e. The van der Waals surface area contributed by atoms with Crippen LogP contribution in [0.1, 0.15) is 13.8 Å². The van der Waals surface area contributed by atoms with Crippen LogP contribution in [-0.2, 0) is 0 Å². The number of amides is 1. The summed E-state index contributed by atoms with van der Waals surface area (Å²) in [7, 11) is 0. The summed E-state index contributed by atoms with van der Waals surface area (Å²) < 4.78 is 0. The van der Waals surface area contributed by atoms with Gasteiger partial charge in [0.25, 0.3) is 0 Å². The second kappa shape index (κ2) is 9.24. The first kappa shape index (κ1) is 14.7. The lowest BCUT2D eigenvalue weighted by Gasteiger charge is -2.00. The van der Waals surface area contributed by atoms with E-state index < -0.39 is 12.2 Å². The number of carboxylic acid groups (broad SMARTS) is 1. The molecule has 0 aliphatic heterocycles. The van der Waals surface area contributed by atoms with E-state index in [1.165, 1.54) is 6.92 Å². The summed E-state index contributed by atoms with van der Waals surface area (Å²) in [4.78, 5) is 9.68. The first-order valence-electron chi connectivity index (χ1n) is 3.93. The van der Waals surface area contributed by atoms with Crippen LogP contribution < -0.4 is 11.1 Å². The van der Waals surface area contributed by atoms with Crippen LogP contribution in [-0.4, -0.2) is 46.7 Å². The van der Waals surface area contributed by atoms with Crippen molar-refractivity contribution in [2.45, 2.75) is 26.1 Å². The van der Waals surface area contributed by atoms with Crippen LogP contribution >= 0.6 is 0 Å². The van der Waals surface area contributed by atoms with E-state index in [0.29, 0.717) is 6.54 Å². The molecule has 0 radical (unpaired) electrons. The fourth-order valence-electron chi connectivity index (χ4n) is 0.235. The monoisotopic (exact) mass is 194 g/mol. The number of nitrogens with one attached hydrogen (secondary N) is 1. The van der Waals surface area contributed by atoms with Gasteiger partial charge in [0, 0.05) is 13.1 Å². The van der Waals surface area contributed by atoms with Crippen LogP contribution in [0.25, 0.3) is 0 Å². The van der Waals surface area contributed by atoms with Crippen molar-refractivity contribution in [1.29, 1.82) is 0 Å². The lowest BCUT2D eigenvalue weighted by Crippen LogP contribution is -2.28. The van der Waals surface area contributed by atoms with Crippen LogP contribution in [0.4, 0.5) is 4.79 Å². The van der Waals surface area contributed by atoms with Crippen molar-refractivity contribution in [3.8, 4) is 0 Å². The third-order valence-corrected chi connectivity index (χ3v) is 0.890. The Morgan fingerprint density at radius 2 is 1.77 bits per heavy atom. The zero-order valence-corrected chi connectivity index (χ0v) is 7.90. The fourth-order valence-corrected chi connectivity index (χ4v) is 0.235. The Hall–Kier alpha value is -0.850. The molecule has 13 heavy (non-hydrogen) atoms. The van der Waals surface area contributed by atoms with E-state index in [4.69, 9.17) is 21.1 Å². The number of aliphatic hydroxyl groups excluding tert-OH is 2. The zero-order valence-electron chi connectivity index (χ0n) is 7.90. The van der Waals surface area contributed by atoms with Crippen molar-refractivity contribution in [3.05, 3.63) is 0 Å². The highest BCUT2D eigenvalue weighted by Gasteiger charge is 1.96. The molecular formula is C7H18N2O4. The molecule has 2 unspecified atom stereocenters. The summed E-state index contributed by atoms with van der Waals surface area (Å²) in [6.45, 7) is 3.62. The molecule has 0 fully saturated rings. The number of nitrogens with two attached hydrogens (primary N) is 1. The normalized spacial score (nSPS) is 13.6. The van der Waals surface area contributed by atoms with Crippen molar-refractivity contribution in [2.75, 3.05) is 13.1 Å². The largest absolute Gasteiger partial charge is 0.465 e. The average molecular weight is 194 g/mol. The molecule has 0 spiro atoms. The Balaban J connectivity index is 0. The third kappa shape index (κ3) is 24.7. The third-order valence-electron chi connectivity index (χ3n) is 0.890. The number of hydrogen-bond acceptors (Lipinski definition) is 4. The quantitative estimate of drug-likeness (QED) is 0.393. The summed E-state index contributed by atoms with van der Waals surface area (Å²) in [6, 6.07) is 0. The highest BCUT2D eigenvalue weighted by atomic mass is 16.4. The number of rotatable bonds is 3. The number of aliphatic hydroxyl groups is 2. The predicted molar refractivity (Wildman–Crippen MR) is 48.4 cm³/mol. The Kier molecular flexibility index (Phi) is 10.4. The summed E-state index contributed by atoms with van der Waals surface area (Å²) in [5.41, 5.74) is 4.92. The van der Waals surface area contributed by atoms with Crippen molar-refractivity contribution in [3.63, 3.8) is 0 Å². The van der Waals surface area contributed by atoms with Gasteiger partial charge >= 0.3 is 6.09 Å². The van der Waals surface area contributed by atoms with Gasteiger partial charge in [-0.1, -0.05) is 0 Å². The summed E-state index contributed by atoms with van der Waals surface area (Å²) in [6.07, 6.45) is -2.05. The van der Waals surface area contributed by atoms with Gasteiger partial charge in [-0.15, -0.1) is 0 Å². The molecule has 0 aliphatic carbocycles. The Labute approximate surface area is 77.4 Å². The van der Waals surface area contributed by atoms with Crippen molar-refractivity contribution < 1.29 is 20.1 Å². The zero-order chi connectivity index (χ0) is 10.9. The van der Waals surface area contributed by atoms with E-state index in [9.17, 15) is 4.79 Å². The first-order valence-corrected chi connectivity index (χ1v) is 3.93. The van der Waals surface area contributed by atoms with Crippen LogP contribution in [0, 0.1) is 0 Å². The van der Waals surface area contributed by atoms with Gasteiger partial charge in [0.15, 0.2) is 0 Å². The summed E-state index contributed by atoms with van der Waals surface area (Å²) >= 11 is 0. The van der Waals surface area contributed by atoms with E-state index in [1.807, 2.05) is 5.32 Å². The topological polar surface area (TPSA) is 116 Å². The Morgan fingerprint density at radius 3 is 1.85 bits per heavy atom. The van der Waals surface area contributed by atoms with Crippen molar-refractivity contribution in [2.24, 2.45) is 5.73 Å². The second-order valence-corrected chi connectivity index (χ2v) is 2.62. The molecule has 0 saturated carbocycles. The molecule has 6 heteroatoms. The maximum absolute atomic E-state index is 9.68. The molecule has 0 saturated heterocycles. The molecule has 2 atom stereocenters. The highest BCUT2D eigenvalue weighted by Crippen LogP contribution is 1.72. The maximum Gasteiger partial charge on any atom is 0.404 e. The number of carbonyl (C=O) groups is 1. The molecule has 6 N–H and O–H groups in total. The van der Waals surface area contributed by atoms with Gasteiger partial charge in [0.2, 0.25) is 0 Å². The van der Waals surface area contributed by atoms with Gasteiger partial charge in [-0.05, 0) is 13.8 Å². The van der Waals surface area contributed by atoms with Gasteiger partial charge in [0.1, 0.15) is 0 Å². The van der Waals surface area contributed by atoms with Gasteiger partial charge in [-0.25, -0.2) is 4.79 Å². The predicted octanol–water partition coefficient (Wildman–Crippen LogP) is -1.04. The lowest BCUT2D eigenvalue weighted by molar-refractivity contribution is 0.168. The molecule has 80 valence electrons. The van der Waals surface area contributed by atoms with E-state index in [2.05, 4.69) is 0 Å². The van der Waals surface area contributed by atoms with Crippen LogP contribution in [0.5, 0.6) is 0 Å². The maximum atomic E-state index is 9.68. The summed E-state index contributed by atoms with van der Waals surface area (Å²) in [5, 5.41) is 26.7. The standard InChI is InChI=1S/C4H9NO3.C3H9NO/c1-3(6)2-5-4(7)8;1-3(5)2-4/h3,5-6H,2H2,1H3,(H,7,8);3,5H,2,4H2,1H3. The lowest BCUT2D eigenvalue weighted by atomic mass is 10.4. The molecule has 0 heterocycles. The SMILES string of the molecule is CC(O)CN.CC(O)CNC(=O)O. The molecule has 1 amide bonds. The first-order chi connectivity index (χ1) is 5.90. The Morgan fingerprint density at radius 1 is 1.38 bits per heavy atom. The smallest absolute Gasteiger partial charge is 0.404 e. The van der Waals surface area contributed by atoms with Crippen molar-refractivity contribution in [1.82, 2.24) is 5.32 Å². The van der Waals surface area contributed by atoms with E-state index in [-0.39, 0.29) is 12.6 Å². The average Bonchev–Trinajstić information content (AvgIpc) is 2.02. The Bertz CT molecular complexity index is 128. The van der Waals surface area contributed by atoms with E-state index in [1.54, 1.807) is 6.92 Å². The highest BCUT2D eigenvalue weighted by molar-refractivity contribution is 5.64. The van der Waals surface area contributed by atoms with E-state index >= 15 is 0 Å². The van der Waals surface area contributed by atoms with Crippen LogP contribution in [0.3, 0.4) is 0 Å². The molecule has 0 aromatic carbocycles. The minimum absolute atomic E-state index is 0.0926. The molecule has 0 aliphatic rings. The van der Waals surface area contributed by atoms with Gasteiger partial charge in [0.05, 0.1) is 12.2 Å².